The Hall–Kier alpha value is -3.41. The highest BCUT2D eigenvalue weighted by Crippen LogP contribution is 2.20. The molecule has 3 N–H and O–H groups in total. The van der Waals surface area contributed by atoms with Crippen molar-refractivity contribution in [1.29, 1.82) is 0 Å². The number of aromatic hydroxyl groups is 1. The Morgan fingerprint density at radius 3 is 2.54 bits per heavy atom. The molecule has 0 saturated heterocycles. The second-order valence-corrected chi connectivity index (χ2v) is 7.91. The number of hydrogen-bond donors (Lipinski definition) is 2. The van der Waals surface area contributed by atoms with Crippen LogP contribution in [0, 0.1) is 11.6 Å². The number of halogens is 3. The van der Waals surface area contributed by atoms with Crippen molar-refractivity contribution in [2.24, 2.45) is 5.84 Å². The van der Waals surface area contributed by atoms with Crippen molar-refractivity contribution < 1.29 is 28.3 Å². The van der Waals surface area contributed by atoms with Crippen LogP contribution in [0.5, 0.6) is 5.75 Å². The molecule has 1 heterocycles. The molecule has 0 radical (unpaired) electrons. The number of pyridine rings is 1. The zero-order chi connectivity index (χ0) is 26.1. The number of hydrazine groups is 1. The van der Waals surface area contributed by atoms with E-state index in [0.717, 1.165) is 17.1 Å². The van der Waals surface area contributed by atoms with E-state index in [-0.39, 0.29) is 54.6 Å². The number of likely N-dealkylation sites (N-methyl/N-ethyl adjacent to an activating group) is 1. The number of amides is 3. The quantitative estimate of drug-likeness (QED) is 0.148. The first-order valence-electron chi connectivity index (χ1n) is 10.5. The third-order valence-electron chi connectivity index (χ3n) is 5.08. The van der Waals surface area contributed by atoms with Crippen LogP contribution >= 0.6 is 11.6 Å². The molecule has 9 nitrogen and oxygen atoms in total. The average Bonchev–Trinajstić information content (AvgIpc) is 2.80. The van der Waals surface area contributed by atoms with Gasteiger partial charge in [0, 0.05) is 25.6 Å². The molecular formula is C23H26ClF2N5O4. The summed E-state index contributed by atoms with van der Waals surface area (Å²) >= 11 is 5.73. The van der Waals surface area contributed by atoms with E-state index in [2.05, 4.69) is 11.6 Å². The number of phenols is 1. The van der Waals surface area contributed by atoms with Gasteiger partial charge in [-0.3, -0.25) is 25.1 Å². The van der Waals surface area contributed by atoms with E-state index >= 15 is 0 Å². The molecular weight excluding hydrogens is 484 g/mol. The molecule has 12 heteroatoms. The standard InChI is InChI=1S/C23H26ClF2N5O4/c1-3-9-30(27)13-21(34)31(14-32)20(10-15-5-7-17(33)11-19(15)26)23(35)29(4-2)12-16-6-8-18(25)22(24)28-16/h3,5-8,11,14,20,33H,1,4,9-10,12-13,27H2,2H3/t20-/m0/s1. The van der Waals surface area contributed by atoms with Crippen molar-refractivity contribution in [3.8, 4) is 5.75 Å². The number of imide groups is 1. The topological polar surface area (TPSA) is 120 Å². The highest BCUT2D eigenvalue weighted by Gasteiger charge is 2.34. The molecule has 1 atom stereocenters. The number of nitrogens with two attached hydrogens (primary N) is 1. The molecule has 0 spiro atoms. The number of carbonyl (C=O) groups is 3. The Morgan fingerprint density at radius 1 is 1.26 bits per heavy atom. The number of carbonyl (C=O) groups excluding carboxylic acids is 3. The summed E-state index contributed by atoms with van der Waals surface area (Å²) in [6, 6.07) is 4.34. The molecule has 2 rings (SSSR count). The van der Waals surface area contributed by atoms with Crippen molar-refractivity contribution in [3.63, 3.8) is 0 Å². The van der Waals surface area contributed by atoms with Gasteiger partial charge in [-0.1, -0.05) is 23.7 Å². The Balaban J connectivity index is 2.41. The van der Waals surface area contributed by atoms with Crippen molar-refractivity contribution >= 4 is 29.8 Å². The molecule has 0 fully saturated rings. The third kappa shape index (κ3) is 7.54. The number of aromatic nitrogens is 1. The predicted octanol–water partition coefficient (Wildman–Crippen LogP) is 2.03. The van der Waals surface area contributed by atoms with Crippen molar-refractivity contribution in [2.45, 2.75) is 25.9 Å². The summed E-state index contributed by atoms with van der Waals surface area (Å²) < 4.78 is 28.0. The summed E-state index contributed by atoms with van der Waals surface area (Å²) in [6.07, 6.45) is 1.27. The molecule has 1 aromatic carbocycles. The van der Waals surface area contributed by atoms with E-state index in [1.807, 2.05) is 0 Å². The number of benzene rings is 1. The smallest absolute Gasteiger partial charge is 0.246 e. The van der Waals surface area contributed by atoms with Crippen LogP contribution in [0.3, 0.4) is 0 Å². The van der Waals surface area contributed by atoms with Crippen LogP contribution in [0.25, 0.3) is 0 Å². The predicted molar refractivity (Wildman–Crippen MR) is 125 cm³/mol. The largest absolute Gasteiger partial charge is 0.508 e. The van der Waals surface area contributed by atoms with Crippen LogP contribution in [0.1, 0.15) is 18.2 Å². The summed E-state index contributed by atoms with van der Waals surface area (Å²) in [4.78, 5) is 44.2. The van der Waals surface area contributed by atoms with E-state index in [0.29, 0.717) is 4.90 Å². The van der Waals surface area contributed by atoms with Gasteiger partial charge in [0.15, 0.2) is 11.0 Å². The first kappa shape index (κ1) is 27.8. The summed E-state index contributed by atoms with van der Waals surface area (Å²) in [6.45, 7) is 4.92. The molecule has 35 heavy (non-hydrogen) atoms. The molecule has 0 saturated carbocycles. The summed E-state index contributed by atoms with van der Waals surface area (Å²) in [5.74, 6) is 2.38. The zero-order valence-electron chi connectivity index (χ0n) is 19.0. The van der Waals surface area contributed by atoms with E-state index in [1.165, 1.54) is 29.2 Å². The summed E-state index contributed by atoms with van der Waals surface area (Å²) in [5.41, 5.74) is 0.264. The Labute approximate surface area is 206 Å². The fraction of sp³-hybridized carbons (Fsp3) is 0.304. The van der Waals surface area contributed by atoms with Gasteiger partial charge in [-0.15, -0.1) is 6.58 Å². The van der Waals surface area contributed by atoms with Crippen LogP contribution < -0.4 is 5.84 Å². The van der Waals surface area contributed by atoms with E-state index in [4.69, 9.17) is 17.4 Å². The fourth-order valence-electron chi connectivity index (χ4n) is 3.30. The van der Waals surface area contributed by atoms with Gasteiger partial charge < -0.3 is 10.0 Å². The molecule has 0 aliphatic heterocycles. The first-order valence-corrected chi connectivity index (χ1v) is 10.9. The lowest BCUT2D eigenvalue weighted by Crippen LogP contribution is -2.54. The highest BCUT2D eigenvalue weighted by atomic mass is 35.5. The lowest BCUT2D eigenvalue weighted by Gasteiger charge is -2.32. The summed E-state index contributed by atoms with van der Waals surface area (Å²) in [5, 5.41) is 10.2. The Kier molecular flexibility index (Phi) is 10.2. The van der Waals surface area contributed by atoms with Crippen LogP contribution in [0.2, 0.25) is 5.15 Å². The van der Waals surface area contributed by atoms with Gasteiger partial charge in [-0.2, -0.15) is 0 Å². The monoisotopic (exact) mass is 509 g/mol. The van der Waals surface area contributed by atoms with Gasteiger partial charge in [0.1, 0.15) is 17.6 Å². The van der Waals surface area contributed by atoms with Gasteiger partial charge in [0.05, 0.1) is 18.8 Å². The molecule has 0 bridgehead atoms. The summed E-state index contributed by atoms with van der Waals surface area (Å²) in [7, 11) is 0. The molecule has 2 aromatic rings. The molecule has 188 valence electrons. The maximum absolute atomic E-state index is 14.5. The van der Waals surface area contributed by atoms with E-state index in [9.17, 15) is 28.3 Å². The number of phenolic OH excluding ortho intramolecular Hbond substituents is 1. The van der Waals surface area contributed by atoms with Gasteiger partial charge in [0.2, 0.25) is 18.2 Å². The van der Waals surface area contributed by atoms with Crippen molar-refractivity contribution in [3.05, 3.63) is 71.0 Å². The zero-order valence-corrected chi connectivity index (χ0v) is 19.8. The average molecular weight is 510 g/mol. The van der Waals surface area contributed by atoms with Crippen LogP contribution in [0.15, 0.2) is 43.0 Å². The molecule has 3 amide bonds. The van der Waals surface area contributed by atoms with E-state index < -0.39 is 36.0 Å². The maximum atomic E-state index is 14.5. The molecule has 1 aromatic heterocycles. The fourth-order valence-corrected chi connectivity index (χ4v) is 3.47. The van der Waals surface area contributed by atoms with Crippen molar-refractivity contribution in [1.82, 2.24) is 19.8 Å². The molecule has 0 unspecified atom stereocenters. The normalized spacial score (nSPS) is 11.7. The Morgan fingerprint density at radius 2 is 1.97 bits per heavy atom. The van der Waals surface area contributed by atoms with Gasteiger partial charge in [-0.25, -0.2) is 18.8 Å². The van der Waals surface area contributed by atoms with Crippen molar-refractivity contribution in [2.75, 3.05) is 19.6 Å². The first-order chi connectivity index (χ1) is 16.6. The second-order valence-electron chi connectivity index (χ2n) is 7.55. The number of rotatable bonds is 12. The van der Waals surface area contributed by atoms with Crippen LogP contribution in [-0.4, -0.2) is 68.8 Å². The Bertz CT molecular complexity index is 1090. The minimum Gasteiger partial charge on any atom is -0.508 e. The van der Waals surface area contributed by atoms with Crippen LogP contribution in [-0.2, 0) is 27.3 Å². The maximum Gasteiger partial charge on any atom is 0.246 e. The lowest BCUT2D eigenvalue weighted by molar-refractivity contribution is -0.151. The van der Waals surface area contributed by atoms with E-state index in [1.54, 1.807) is 6.92 Å². The van der Waals surface area contributed by atoms with Gasteiger partial charge >= 0.3 is 0 Å². The minimum absolute atomic E-state index is 0.00417. The molecule has 0 aliphatic rings. The lowest BCUT2D eigenvalue weighted by atomic mass is 10.0. The van der Waals surface area contributed by atoms with Gasteiger partial charge in [0.25, 0.3) is 0 Å². The highest BCUT2D eigenvalue weighted by molar-refractivity contribution is 6.29. The molecule has 0 aliphatic carbocycles. The van der Waals surface area contributed by atoms with Crippen LogP contribution in [0.4, 0.5) is 8.78 Å². The number of hydrogen-bond acceptors (Lipinski definition) is 7. The minimum atomic E-state index is -1.44. The number of nitrogens with zero attached hydrogens (tertiary/aromatic N) is 4. The second kappa shape index (κ2) is 12.9. The SMILES string of the molecule is C=CCN(N)CC(=O)N(C=O)[C@@H](Cc1ccc(O)cc1F)C(=O)N(CC)Cc1ccc(F)c(Cl)n1. The third-order valence-corrected chi connectivity index (χ3v) is 5.35. The van der Waals surface area contributed by atoms with Gasteiger partial charge in [-0.05, 0) is 30.7 Å².